The number of benzene rings is 1. The van der Waals surface area contributed by atoms with Gasteiger partial charge < -0.3 is 15.0 Å². The summed E-state index contributed by atoms with van der Waals surface area (Å²) in [6.07, 6.45) is 3.70. The Morgan fingerprint density at radius 1 is 1.48 bits per heavy atom. The van der Waals surface area contributed by atoms with E-state index in [1.165, 1.54) is 0 Å². The second-order valence-electron chi connectivity index (χ2n) is 4.68. The number of carbonyl (C=O) groups is 1. The number of nitrogens with zero attached hydrogens (tertiary/aromatic N) is 2. The van der Waals surface area contributed by atoms with Crippen LogP contribution in [0.5, 0.6) is 0 Å². The highest BCUT2D eigenvalue weighted by atomic mass is 16.2. The minimum absolute atomic E-state index is 0.0598. The van der Waals surface area contributed by atoms with Crippen LogP contribution in [0.25, 0.3) is 0 Å². The Kier molecular flexibility index (Phi) is 4.75. The summed E-state index contributed by atoms with van der Waals surface area (Å²) in [6, 6.07) is 5.52. The number of aromatic nitrogens is 2. The van der Waals surface area contributed by atoms with Crippen LogP contribution in [0.4, 0.5) is 5.69 Å². The lowest BCUT2D eigenvalue weighted by Gasteiger charge is -2.05. The van der Waals surface area contributed by atoms with E-state index in [0.29, 0.717) is 17.8 Å². The van der Waals surface area contributed by atoms with E-state index >= 15 is 0 Å². The SMILES string of the molecule is Cc1cc(NC(=O)c2cn(C)cn2)ccc1C#CCCO. The van der Waals surface area contributed by atoms with Crippen LogP contribution in [-0.4, -0.2) is 27.2 Å². The van der Waals surface area contributed by atoms with Gasteiger partial charge in [-0.15, -0.1) is 0 Å². The van der Waals surface area contributed by atoms with Crippen molar-refractivity contribution in [3.8, 4) is 11.8 Å². The molecule has 0 saturated carbocycles. The molecule has 1 aromatic heterocycles. The molecular weight excluding hydrogens is 266 g/mol. The van der Waals surface area contributed by atoms with E-state index in [1.807, 2.05) is 26.1 Å². The van der Waals surface area contributed by atoms with Crippen molar-refractivity contribution in [3.63, 3.8) is 0 Å². The van der Waals surface area contributed by atoms with E-state index in [4.69, 9.17) is 5.11 Å². The molecule has 0 atom stereocenters. The summed E-state index contributed by atoms with van der Waals surface area (Å²) in [6.45, 7) is 1.99. The van der Waals surface area contributed by atoms with Crippen LogP contribution in [0.1, 0.15) is 28.0 Å². The average molecular weight is 283 g/mol. The third-order valence-corrected chi connectivity index (χ3v) is 2.88. The van der Waals surface area contributed by atoms with Crippen molar-refractivity contribution in [2.45, 2.75) is 13.3 Å². The first-order valence-electron chi connectivity index (χ1n) is 6.60. The second kappa shape index (κ2) is 6.73. The van der Waals surface area contributed by atoms with Crippen molar-refractivity contribution in [1.82, 2.24) is 9.55 Å². The van der Waals surface area contributed by atoms with Crippen molar-refractivity contribution in [1.29, 1.82) is 0 Å². The molecule has 0 aliphatic carbocycles. The first-order valence-corrected chi connectivity index (χ1v) is 6.60. The van der Waals surface area contributed by atoms with Gasteiger partial charge in [0.25, 0.3) is 5.91 Å². The molecule has 0 aliphatic rings. The number of rotatable bonds is 3. The smallest absolute Gasteiger partial charge is 0.275 e. The highest BCUT2D eigenvalue weighted by molar-refractivity contribution is 6.02. The predicted octanol–water partition coefficient (Wildman–Crippen LogP) is 1.71. The normalized spacial score (nSPS) is 9.86. The lowest BCUT2D eigenvalue weighted by atomic mass is 10.1. The van der Waals surface area contributed by atoms with Crippen molar-refractivity contribution >= 4 is 11.6 Å². The number of aliphatic hydroxyl groups is 1. The molecule has 1 heterocycles. The van der Waals surface area contributed by atoms with Crippen molar-refractivity contribution in [2.75, 3.05) is 11.9 Å². The molecular formula is C16H17N3O2. The molecule has 21 heavy (non-hydrogen) atoms. The number of aryl methyl sites for hydroxylation is 2. The monoisotopic (exact) mass is 283 g/mol. The Labute approximate surface area is 123 Å². The molecule has 1 amide bonds. The van der Waals surface area contributed by atoms with Crippen LogP contribution in [0.2, 0.25) is 0 Å². The molecule has 0 saturated heterocycles. The van der Waals surface area contributed by atoms with E-state index in [9.17, 15) is 4.79 Å². The number of aliphatic hydroxyl groups excluding tert-OH is 1. The van der Waals surface area contributed by atoms with Gasteiger partial charge in [0.05, 0.1) is 12.9 Å². The molecule has 0 bridgehead atoms. The molecule has 2 N–H and O–H groups in total. The van der Waals surface area contributed by atoms with E-state index < -0.39 is 0 Å². The van der Waals surface area contributed by atoms with E-state index in [-0.39, 0.29) is 12.5 Å². The highest BCUT2D eigenvalue weighted by Crippen LogP contribution is 2.15. The van der Waals surface area contributed by atoms with Gasteiger partial charge >= 0.3 is 0 Å². The molecule has 2 aromatic rings. The third kappa shape index (κ3) is 3.94. The minimum Gasteiger partial charge on any atom is -0.395 e. The van der Waals surface area contributed by atoms with Gasteiger partial charge in [-0.2, -0.15) is 0 Å². The van der Waals surface area contributed by atoms with E-state index in [2.05, 4.69) is 22.1 Å². The fourth-order valence-corrected chi connectivity index (χ4v) is 1.82. The number of anilines is 1. The summed E-state index contributed by atoms with van der Waals surface area (Å²) in [5, 5.41) is 11.5. The van der Waals surface area contributed by atoms with Crippen molar-refractivity contribution in [3.05, 3.63) is 47.5 Å². The molecule has 0 aliphatic heterocycles. The van der Waals surface area contributed by atoms with Crippen LogP contribution in [0, 0.1) is 18.8 Å². The maximum atomic E-state index is 12.0. The number of hydrogen-bond donors (Lipinski definition) is 2. The van der Waals surface area contributed by atoms with Crippen LogP contribution in [-0.2, 0) is 7.05 Å². The third-order valence-electron chi connectivity index (χ3n) is 2.88. The minimum atomic E-state index is -0.242. The predicted molar refractivity (Wildman–Crippen MR) is 80.9 cm³/mol. The van der Waals surface area contributed by atoms with E-state index in [1.54, 1.807) is 23.2 Å². The van der Waals surface area contributed by atoms with Gasteiger partial charge in [-0.1, -0.05) is 11.8 Å². The molecule has 0 unspecified atom stereocenters. The van der Waals surface area contributed by atoms with Gasteiger partial charge in [0.1, 0.15) is 5.69 Å². The molecule has 5 heteroatoms. The first kappa shape index (κ1) is 14.8. The van der Waals surface area contributed by atoms with Gasteiger partial charge in [0.2, 0.25) is 0 Å². The zero-order valence-corrected chi connectivity index (χ0v) is 12.1. The van der Waals surface area contributed by atoms with Gasteiger partial charge in [0, 0.05) is 30.9 Å². The van der Waals surface area contributed by atoms with Crippen LogP contribution in [0.3, 0.4) is 0 Å². The number of imidazole rings is 1. The van der Waals surface area contributed by atoms with E-state index in [0.717, 1.165) is 11.1 Å². The fourth-order valence-electron chi connectivity index (χ4n) is 1.82. The zero-order valence-electron chi connectivity index (χ0n) is 12.1. The topological polar surface area (TPSA) is 67.2 Å². The molecule has 1 aromatic carbocycles. The van der Waals surface area contributed by atoms with Crippen molar-refractivity contribution < 1.29 is 9.90 Å². The molecule has 108 valence electrons. The van der Waals surface area contributed by atoms with Crippen LogP contribution in [0.15, 0.2) is 30.7 Å². The molecule has 0 fully saturated rings. The molecule has 2 rings (SSSR count). The van der Waals surface area contributed by atoms with Gasteiger partial charge in [-0.05, 0) is 30.7 Å². The summed E-state index contributed by atoms with van der Waals surface area (Å²) >= 11 is 0. The Morgan fingerprint density at radius 2 is 2.29 bits per heavy atom. The van der Waals surface area contributed by atoms with Gasteiger partial charge in [-0.3, -0.25) is 4.79 Å². The number of nitrogens with one attached hydrogen (secondary N) is 1. The van der Waals surface area contributed by atoms with Gasteiger partial charge in [0.15, 0.2) is 0 Å². The Morgan fingerprint density at radius 3 is 2.90 bits per heavy atom. The van der Waals surface area contributed by atoms with Gasteiger partial charge in [-0.25, -0.2) is 4.98 Å². The zero-order chi connectivity index (χ0) is 15.2. The average Bonchev–Trinajstić information content (AvgIpc) is 2.88. The lowest BCUT2D eigenvalue weighted by molar-refractivity contribution is 0.102. The van der Waals surface area contributed by atoms with Crippen molar-refractivity contribution in [2.24, 2.45) is 7.05 Å². The Balaban J connectivity index is 2.10. The summed E-state index contributed by atoms with van der Waals surface area (Å²) in [5.41, 5.74) is 2.94. The molecule has 0 spiro atoms. The summed E-state index contributed by atoms with van der Waals surface area (Å²) in [7, 11) is 1.81. The largest absolute Gasteiger partial charge is 0.395 e. The summed E-state index contributed by atoms with van der Waals surface area (Å²) in [4.78, 5) is 16.0. The fraction of sp³-hybridized carbons (Fsp3) is 0.250. The first-order chi connectivity index (χ1) is 10.1. The highest BCUT2D eigenvalue weighted by Gasteiger charge is 2.09. The summed E-state index contributed by atoms with van der Waals surface area (Å²) in [5.74, 6) is 5.63. The maximum absolute atomic E-state index is 12.0. The standard InChI is InChI=1S/C16H17N3O2/c1-12-9-14(7-6-13(12)5-3-4-8-20)18-16(21)15-10-19(2)11-17-15/h6-7,9-11,20H,4,8H2,1-2H3,(H,18,21). The van der Waals surface area contributed by atoms with Crippen LogP contribution < -0.4 is 5.32 Å². The Hall–Kier alpha value is -2.58. The summed E-state index contributed by atoms with van der Waals surface area (Å²) < 4.78 is 1.72. The quantitative estimate of drug-likeness (QED) is 0.843. The number of hydrogen-bond acceptors (Lipinski definition) is 3. The number of amides is 1. The Bertz CT molecular complexity index is 708. The lowest BCUT2D eigenvalue weighted by Crippen LogP contribution is -2.12. The maximum Gasteiger partial charge on any atom is 0.275 e. The number of carbonyl (C=O) groups excluding carboxylic acids is 1. The second-order valence-corrected chi connectivity index (χ2v) is 4.68. The molecule has 5 nitrogen and oxygen atoms in total. The van der Waals surface area contributed by atoms with Crippen LogP contribution >= 0.6 is 0 Å². The molecule has 0 radical (unpaired) electrons.